The van der Waals surface area contributed by atoms with E-state index in [1.54, 1.807) is 0 Å². The van der Waals surface area contributed by atoms with Gasteiger partial charge in [0.2, 0.25) is 0 Å². The summed E-state index contributed by atoms with van der Waals surface area (Å²) >= 11 is 0. The van der Waals surface area contributed by atoms with Crippen LogP contribution in [0, 0.1) is 17.5 Å². The lowest BCUT2D eigenvalue weighted by molar-refractivity contribution is 0.0694. The summed E-state index contributed by atoms with van der Waals surface area (Å²) in [6.07, 6.45) is 2.20. The molecule has 0 saturated heterocycles. The molecule has 5 nitrogen and oxygen atoms in total. The number of aromatic carboxylic acids is 1. The zero-order chi connectivity index (χ0) is 14.7. The Kier molecular flexibility index (Phi) is 3.83. The first-order valence-electron chi connectivity index (χ1n) is 5.39. The molecule has 0 aliphatic carbocycles. The predicted molar refractivity (Wildman–Crippen MR) is 62.6 cm³/mol. The van der Waals surface area contributed by atoms with E-state index in [-0.39, 0.29) is 17.8 Å². The Morgan fingerprint density at radius 1 is 1.30 bits per heavy atom. The molecule has 0 bridgehead atoms. The van der Waals surface area contributed by atoms with Crippen LogP contribution in [0.1, 0.15) is 16.1 Å². The Balaban J connectivity index is 2.24. The van der Waals surface area contributed by atoms with Gasteiger partial charge in [0.25, 0.3) is 0 Å². The fourth-order valence-electron chi connectivity index (χ4n) is 1.54. The van der Waals surface area contributed by atoms with Crippen LogP contribution in [0.25, 0.3) is 0 Å². The molecule has 2 aromatic rings. The molecule has 1 aromatic carbocycles. The lowest BCUT2D eigenvalue weighted by Gasteiger charge is -2.09. The van der Waals surface area contributed by atoms with Crippen molar-refractivity contribution < 1.29 is 23.1 Å². The summed E-state index contributed by atoms with van der Waals surface area (Å²) in [6.45, 7) is -0.218. The minimum Gasteiger partial charge on any atom is -0.478 e. The number of benzene rings is 1. The van der Waals surface area contributed by atoms with Crippen molar-refractivity contribution in [2.75, 3.05) is 5.32 Å². The third-order valence-electron chi connectivity index (χ3n) is 2.46. The van der Waals surface area contributed by atoms with Gasteiger partial charge in [0, 0.05) is 18.3 Å². The van der Waals surface area contributed by atoms with E-state index in [1.165, 1.54) is 0 Å². The number of rotatable bonds is 4. The molecule has 20 heavy (non-hydrogen) atoms. The average molecular weight is 283 g/mol. The van der Waals surface area contributed by atoms with Crippen molar-refractivity contribution in [1.29, 1.82) is 0 Å². The Morgan fingerprint density at radius 2 is 2.05 bits per heavy atom. The number of nitrogens with zero attached hydrogens (tertiary/aromatic N) is 2. The Bertz CT molecular complexity index is 664. The molecule has 0 fully saturated rings. The molecule has 0 aliphatic heterocycles. The molecule has 0 amide bonds. The highest BCUT2D eigenvalue weighted by Crippen LogP contribution is 2.20. The average Bonchev–Trinajstić information content (AvgIpc) is 2.41. The Morgan fingerprint density at radius 3 is 2.75 bits per heavy atom. The van der Waals surface area contributed by atoms with Crippen molar-refractivity contribution in [3.8, 4) is 0 Å². The number of aromatic nitrogens is 2. The largest absolute Gasteiger partial charge is 0.478 e. The van der Waals surface area contributed by atoms with E-state index in [2.05, 4.69) is 15.3 Å². The van der Waals surface area contributed by atoms with E-state index in [0.717, 1.165) is 18.6 Å². The Labute approximate surface area is 111 Å². The molecule has 8 heteroatoms. The van der Waals surface area contributed by atoms with Gasteiger partial charge in [-0.05, 0) is 0 Å². The maximum absolute atomic E-state index is 13.4. The minimum absolute atomic E-state index is 0.0663. The highest BCUT2D eigenvalue weighted by Gasteiger charge is 2.14. The number of halogens is 3. The molecule has 104 valence electrons. The van der Waals surface area contributed by atoms with Crippen LogP contribution in [0.5, 0.6) is 0 Å². The fourth-order valence-corrected chi connectivity index (χ4v) is 1.54. The standard InChI is InChI=1S/C12H8F3N3O2/c13-6-1-8(14)11(15)9(2-6)17-4-10-7(12(19)20)3-16-5-18-10/h1-3,5,17H,4H2,(H,19,20). The zero-order valence-electron chi connectivity index (χ0n) is 9.90. The maximum atomic E-state index is 13.4. The first kappa shape index (κ1) is 13.8. The van der Waals surface area contributed by atoms with Gasteiger partial charge in [-0.15, -0.1) is 0 Å². The van der Waals surface area contributed by atoms with Crippen molar-refractivity contribution >= 4 is 11.7 Å². The first-order valence-corrected chi connectivity index (χ1v) is 5.39. The molecule has 1 heterocycles. The van der Waals surface area contributed by atoms with Crippen LogP contribution in [-0.2, 0) is 6.54 Å². The van der Waals surface area contributed by atoms with Crippen LogP contribution >= 0.6 is 0 Å². The second kappa shape index (κ2) is 5.55. The number of anilines is 1. The van der Waals surface area contributed by atoms with Gasteiger partial charge in [-0.25, -0.2) is 27.9 Å². The van der Waals surface area contributed by atoms with Gasteiger partial charge >= 0.3 is 5.97 Å². The van der Waals surface area contributed by atoms with Crippen molar-refractivity contribution in [3.05, 3.63) is 53.4 Å². The van der Waals surface area contributed by atoms with Crippen molar-refractivity contribution in [3.63, 3.8) is 0 Å². The second-order valence-corrected chi connectivity index (χ2v) is 3.79. The van der Waals surface area contributed by atoms with Crippen molar-refractivity contribution in [2.24, 2.45) is 0 Å². The highest BCUT2D eigenvalue weighted by atomic mass is 19.2. The summed E-state index contributed by atoms with van der Waals surface area (Å²) in [5.74, 6) is -4.80. The van der Waals surface area contributed by atoms with Crippen molar-refractivity contribution in [1.82, 2.24) is 9.97 Å². The quantitative estimate of drug-likeness (QED) is 0.841. The molecule has 0 spiro atoms. The first-order chi connectivity index (χ1) is 9.49. The molecule has 2 rings (SSSR count). The summed E-state index contributed by atoms with van der Waals surface area (Å²) in [5.41, 5.74) is -0.536. The maximum Gasteiger partial charge on any atom is 0.339 e. The molecular weight excluding hydrogens is 275 g/mol. The fraction of sp³-hybridized carbons (Fsp3) is 0.0833. The van der Waals surface area contributed by atoms with Gasteiger partial charge in [0.05, 0.1) is 17.9 Å². The zero-order valence-corrected chi connectivity index (χ0v) is 9.90. The van der Waals surface area contributed by atoms with E-state index in [1.807, 2.05) is 0 Å². The smallest absolute Gasteiger partial charge is 0.339 e. The summed E-state index contributed by atoms with van der Waals surface area (Å²) in [6, 6.07) is 1.17. The number of carbonyl (C=O) groups is 1. The van der Waals surface area contributed by atoms with Crippen LogP contribution in [0.4, 0.5) is 18.9 Å². The van der Waals surface area contributed by atoms with Gasteiger partial charge in [0.1, 0.15) is 17.7 Å². The van der Waals surface area contributed by atoms with Gasteiger partial charge in [-0.1, -0.05) is 0 Å². The van der Waals surface area contributed by atoms with E-state index in [4.69, 9.17) is 5.11 Å². The van der Waals surface area contributed by atoms with Gasteiger partial charge in [-0.3, -0.25) is 0 Å². The summed E-state index contributed by atoms with van der Waals surface area (Å²) in [5, 5.41) is 11.3. The van der Waals surface area contributed by atoms with Crippen LogP contribution in [0.2, 0.25) is 0 Å². The molecule has 0 aliphatic rings. The lowest BCUT2D eigenvalue weighted by Crippen LogP contribution is -2.11. The number of carboxylic acid groups (broad SMARTS) is 1. The monoisotopic (exact) mass is 283 g/mol. The van der Waals surface area contributed by atoms with Crippen LogP contribution < -0.4 is 5.32 Å². The predicted octanol–water partition coefficient (Wildman–Crippen LogP) is 2.20. The summed E-state index contributed by atoms with van der Waals surface area (Å²) < 4.78 is 39.4. The Hall–Kier alpha value is -2.64. The highest BCUT2D eigenvalue weighted by molar-refractivity contribution is 5.88. The summed E-state index contributed by atoms with van der Waals surface area (Å²) in [4.78, 5) is 18.2. The molecule has 1 aromatic heterocycles. The van der Waals surface area contributed by atoms with Crippen molar-refractivity contribution in [2.45, 2.75) is 6.54 Å². The SMILES string of the molecule is O=C(O)c1cncnc1CNc1cc(F)cc(F)c1F. The van der Waals surface area contributed by atoms with Gasteiger partial charge < -0.3 is 10.4 Å². The molecule has 0 radical (unpaired) electrons. The van der Waals surface area contributed by atoms with Crippen LogP contribution in [0.15, 0.2) is 24.7 Å². The minimum atomic E-state index is -1.34. The molecule has 0 saturated carbocycles. The molecule has 2 N–H and O–H groups in total. The van der Waals surface area contributed by atoms with E-state index < -0.39 is 29.1 Å². The van der Waals surface area contributed by atoms with Crippen LogP contribution in [-0.4, -0.2) is 21.0 Å². The van der Waals surface area contributed by atoms with Gasteiger partial charge in [0.15, 0.2) is 11.6 Å². The number of hydrogen-bond acceptors (Lipinski definition) is 4. The van der Waals surface area contributed by atoms with Crippen LogP contribution in [0.3, 0.4) is 0 Å². The second-order valence-electron chi connectivity index (χ2n) is 3.79. The molecule has 0 atom stereocenters. The third kappa shape index (κ3) is 2.85. The topological polar surface area (TPSA) is 75.1 Å². The number of carboxylic acids is 1. The number of nitrogens with one attached hydrogen (secondary N) is 1. The lowest BCUT2D eigenvalue weighted by atomic mass is 10.2. The van der Waals surface area contributed by atoms with E-state index >= 15 is 0 Å². The van der Waals surface area contributed by atoms with E-state index in [0.29, 0.717) is 6.07 Å². The molecular formula is C12H8F3N3O2. The normalized spacial score (nSPS) is 10.3. The molecule has 0 unspecified atom stereocenters. The van der Waals surface area contributed by atoms with E-state index in [9.17, 15) is 18.0 Å². The number of hydrogen-bond donors (Lipinski definition) is 2. The third-order valence-corrected chi connectivity index (χ3v) is 2.46. The summed E-state index contributed by atoms with van der Waals surface area (Å²) in [7, 11) is 0. The van der Waals surface area contributed by atoms with Gasteiger partial charge in [-0.2, -0.15) is 0 Å².